The van der Waals surface area contributed by atoms with Crippen LogP contribution in [0.15, 0.2) is 23.3 Å². The van der Waals surface area contributed by atoms with Gasteiger partial charge in [0.2, 0.25) is 5.91 Å². The maximum absolute atomic E-state index is 13.0. The molecule has 0 radical (unpaired) electrons. The summed E-state index contributed by atoms with van der Waals surface area (Å²) in [6.45, 7) is 1.89. The molecule has 26 heavy (non-hydrogen) atoms. The molecule has 4 saturated carbocycles. The number of ether oxygens (including phenoxy) is 2. The van der Waals surface area contributed by atoms with Crippen molar-refractivity contribution in [2.75, 3.05) is 14.2 Å². The number of hydrogen-bond acceptors (Lipinski definition) is 4. The van der Waals surface area contributed by atoms with Gasteiger partial charge in [-0.2, -0.15) is 5.10 Å². The third-order valence-electron chi connectivity index (χ3n) is 6.64. The minimum absolute atomic E-state index is 0.109. The van der Waals surface area contributed by atoms with Gasteiger partial charge in [0.1, 0.15) is 11.5 Å². The second kappa shape index (κ2) is 6.60. The standard InChI is InChI=1S/C21H28N2O3/c1-13(18-9-17(25-2)4-5-19(18)26-3)22-23-20(24)21-10-14-6-15(11-21)8-16(7-14)12-21/h4-5,9,14-16H,6-8,10-12H2,1-3H3,(H,23,24)/b22-13+. The summed E-state index contributed by atoms with van der Waals surface area (Å²) in [7, 11) is 3.26. The van der Waals surface area contributed by atoms with Gasteiger partial charge in [0.25, 0.3) is 0 Å². The highest BCUT2D eigenvalue weighted by Gasteiger charge is 2.54. The number of carbonyl (C=O) groups excluding carboxylic acids is 1. The predicted octanol–water partition coefficient (Wildman–Crippen LogP) is 3.76. The molecule has 0 aliphatic heterocycles. The summed E-state index contributed by atoms with van der Waals surface area (Å²) in [6, 6.07) is 5.59. The van der Waals surface area contributed by atoms with Gasteiger partial charge in [0, 0.05) is 5.56 Å². The van der Waals surface area contributed by atoms with Crippen LogP contribution in [0.3, 0.4) is 0 Å². The third-order valence-corrected chi connectivity index (χ3v) is 6.64. The summed E-state index contributed by atoms with van der Waals surface area (Å²) < 4.78 is 10.7. The molecule has 0 spiro atoms. The highest BCUT2D eigenvalue weighted by molar-refractivity contribution is 6.02. The number of nitrogens with zero attached hydrogens (tertiary/aromatic N) is 1. The lowest BCUT2D eigenvalue weighted by molar-refractivity contribution is -0.146. The smallest absolute Gasteiger partial charge is 0.246 e. The summed E-state index contributed by atoms with van der Waals surface area (Å²) in [4.78, 5) is 13.0. The van der Waals surface area contributed by atoms with E-state index in [2.05, 4.69) is 10.5 Å². The fourth-order valence-corrected chi connectivity index (χ4v) is 5.80. The average Bonchev–Trinajstić information content (AvgIpc) is 2.64. The fraction of sp³-hybridized carbons (Fsp3) is 0.619. The van der Waals surface area contributed by atoms with E-state index in [0.717, 1.165) is 59.8 Å². The fourth-order valence-electron chi connectivity index (χ4n) is 5.80. The minimum Gasteiger partial charge on any atom is -0.497 e. The average molecular weight is 356 g/mol. The van der Waals surface area contributed by atoms with E-state index in [0.29, 0.717) is 0 Å². The molecule has 5 heteroatoms. The molecule has 140 valence electrons. The van der Waals surface area contributed by atoms with Crippen LogP contribution in [0.25, 0.3) is 0 Å². The van der Waals surface area contributed by atoms with Crippen molar-refractivity contribution < 1.29 is 14.3 Å². The molecule has 4 fully saturated rings. The highest BCUT2D eigenvalue weighted by atomic mass is 16.5. The molecule has 0 heterocycles. The molecule has 1 N–H and O–H groups in total. The zero-order valence-corrected chi connectivity index (χ0v) is 15.9. The Bertz CT molecular complexity index is 705. The van der Waals surface area contributed by atoms with E-state index in [1.165, 1.54) is 19.3 Å². The molecule has 1 amide bonds. The van der Waals surface area contributed by atoms with Gasteiger partial charge in [-0.05, 0) is 81.4 Å². The molecular formula is C21H28N2O3. The Morgan fingerprint density at radius 3 is 2.23 bits per heavy atom. The van der Waals surface area contributed by atoms with Crippen molar-refractivity contribution in [3.63, 3.8) is 0 Å². The quantitative estimate of drug-likeness (QED) is 0.645. The van der Waals surface area contributed by atoms with E-state index in [4.69, 9.17) is 9.47 Å². The normalized spacial score (nSPS) is 32.4. The van der Waals surface area contributed by atoms with Gasteiger partial charge in [0.15, 0.2) is 0 Å². The molecule has 0 aromatic heterocycles. The molecule has 0 atom stereocenters. The molecule has 1 aromatic carbocycles. The van der Waals surface area contributed by atoms with E-state index < -0.39 is 0 Å². The largest absolute Gasteiger partial charge is 0.497 e. The van der Waals surface area contributed by atoms with Gasteiger partial charge in [-0.15, -0.1) is 0 Å². The van der Waals surface area contributed by atoms with Crippen molar-refractivity contribution in [2.24, 2.45) is 28.3 Å². The van der Waals surface area contributed by atoms with Crippen LogP contribution >= 0.6 is 0 Å². The van der Waals surface area contributed by atoms with Crippen LogP contribution in [-0.4, -0.2) is 25.8 Å². The molecule has 0 unspecified atom stereocenters. The lowest BCUT2D eigenvalue weighted by Crippen LogP contribution is -2.52. The summed E-state index contributed by atoms with van der Waals surface area (Å²) in [5.74, 6) is 3.80. The highest BCUT2D eigenvalue weighted by Crippen LogP contribution is 2.60. The summed E-state index contributed by atoms with van der Waals surface area (Å²) >= 11 is 0. The van der Waals surface area contributed by atoms with Crippen molar-refractivity contribution in [1.29, 1.82) is 0 Å². The van der Waals surface area contributed by atoms with Crippen LogP contribution in [0, 0.1) is 23.2 Å². The molecular weight excluding hydrogens is 328 g/mol. The molecule has 4 aliphatic carbocycles. The van der Waals surface area contributed by atoms with Gasteiger partial charge in [-0.1, -0.05) is 0 Å². The first-order valence-electron chi connectivity index (χ1n) is 9.60. The van der Waals surface area contributed by atoms with E-state index in [1.54, 1.807) is 14.2 Å². The number of hydrogen-bond donors (Lipinski definition) is 1. The Morgan fingerprint density at radius 1 is 1.08 bits per heavy atom. The number of hydrazone groups is 1. The first kappa shape index (κ1) is 17.4. The van der Waals surface area contributed by atoms with E-state index >= 15 is 0 Å². The topological polar surface area (TPSA) is 59.9 Å². The molecule has 4 bridgehead atoms. The summed E-state index contributed by atoms with van der Waals surface area (Å²) in [5, 5.41) is 4.42. The van der Waals surface area contributed by atoms with Crippen LogP contribution in [0.4, 0.5) is 0 Å². The second-order valence-electron chi connectivity index (χ2n) is 8.40. The van der Waals surface area contributed by atoms with Gasteiger partial charge in [-0.25, -0.2) is 5.43 Å². The molecule has 4 aliphatic rings. The third kappa shape index (κ3) is 2.97. The van der Waals surface area contributed by atoms with Crippen molar-refractivity contribution in [3.05, 3.63) is 23.8 Å². The van der Waals surface area contributed by atoms with E-state index in [-0.39, 0.29) is 11.3 Å². The van der Waals surface area contributed by atoms with Gasteiger partial charge in [-0.3, -0.25) is 4.79 Å². The van der Waals surface area contributed by atoms with Crippen molar-refractivity contribution in [3.8, 4) is 11.5 Å². The predicted molar refractivity (Wildman–Crippen MR) is 101 cm³/mol. The number of amides is 1. The Kier molecular flexibility index (Phi) is 4.41. The Labute approximate surface area is 155 Å². The maximum atomic E-state index is 13.0. The van der Waals surface area contributed by atoms with Crippen molar-refractivity contribution in [2.45, 2.75) is 45.4 Å². The van der Waals surface area contributed by atoms with Crippen molar-refractivity contribution >= 4 is 11.6 Å². The number of methoxy groups -OCH3 is 2. The zero-order valence-electron chi connectivity index (χ0n) is 15.9. The van der Waals surface area contributed by atoms with Crippen LogP contribution in [-0.2, 0) is 4.79 Å². The van der Waals surface area contributed by atoms with Crippen LogP contribution in [0.1, 0.15) is 51.0 Å². The Hall–Kier alpha value is -2.04. The lowest BCUT2D eigenvalue weighted by atomic mass is 9.49. The van der Waals surface area contributed by atoms with Gasteiger partial charge < -0.3 is 9.47 Å². The van der Waals surface area contributed by atoms with Crippen LogP contribution in [0.2, 0.25) is 0 Å². The molecule has 5 nitrogen and oxygen atoms in total. The summed E-state index contributed by atoms with van der Waals surface area (Å²) in [6.07, 6.45) is 7.12. The number of benzene rings is 1. The van der Waals surface area contributed by atoms with Gasteiger partial charge in [0.05, 0.1) is 25.3 Å². The van der Waals surface area contributed by atoms with Crippen LogP contribution < -0.4 is 14.9 Å². The lowest BCUT2D eigenvalue weighted by Gasteiger charge is -2.55. The zero-order chi connectivity index (χ0) is 18.3. The van der Waals surface area contributed by atoms with E-state index in [9.17, 15) is 4.79 Å². The number of carbonyl (C=O) groups is 1. The monoisotopic (exact) mass is 356 g/mol. The first-order chi connectivity index (χ1) is 12.5. The molecule has 0 saturated heterocycles. The first-order valence-corrected chi connectivity index (χ1v) is 9.60. The number of nitrogens with one attached hydrogen (secondary N) is 1. The SMILES string of the molecule is COc1ccc(OC)c(/C(C)=N/NC(=O)C23CC4CC(CC(C4)C2)C3)c1. The molecule has 1 aromatic rings. The minimum atomic E-state index is -0.184. The maximum Gasteiger partial charge on any atom is 0.246 e. The second-order valence-corrected chi connectivity index (χ2v) is 8.40. The Balaban J connectivity index is 1.52. The number of rotatable bonds is 5. The van der Waals surface area contributed by atoms with Gasteiger partial charge >= 0.3 is 0 Å². The Morgan fingerprint density at radius 2 is 1.69 bits per heavy atom. The molecule has 5 rings (SSSR count). The van der Waals surface area contributed by atoms with E-state index in [1.807, 2.05) is 25.1 Å². The van der Waals surface area contributed by atoms with Crippen LogP contribution in [0.5, 0.6) is 11.5 Å². The summed E-state index contributed by atoms with van der Waals surface area (Å²) in [5.41, 5.74) is 4.25. The van der Waals surface area contributed by atoms with Crippen molar-refractivity contribution in [1.82, 2.24) is 5.43 Å².